The molecule has 1 saturated carbocycles. The zero-order valence-electron chi connectivity index (χ0n) is 15.5. The molecule has 0 bridgehead atoms. The standard InChI is InChI=1S/C23H27NO3/c25-22(20-13-7-8-14-21(20)23(26)27)24-16-15-19(17-9-3-1-4-10-17)18-11-5-2-6-12-18/h1-6,9-12,19-21H,7-8,13-16H2,(H,24,25)(H,26,27)/t20-,21+/m0/s1. The maximum atomic E-state index is 12.6. The summed E-state index contributed by atoms with van der Waals surface area (Å²) < 4.78 is 0. The van der Waals surface area contributed by atoms with Gasteiger partial charge in [-0.1, -0.05) is 73.5 Å². The van der Waals surface area contributed by atoms with Crippen LogP contribution in [0.1, 0.15) is 49.1 Å². The Hall–Kier alpha value is -2.62. The van der Waals surface area contributed by atoms with Crippen molar-refractivity contribution in [3.8, 4) is 0 Å². The number of hydrogen-bond acceptors (Lipinski definition) is 2. The SMILES string of the molecule is O=C(NCCC(c1ccccc1)c1ccccc1)[C@H]1CCCC[C@H]1C(=O)O. The molecular formula is C23H27NO3. The second kappa shape index (κ2) is 9.36. The Morgan fingerprint density at radius 2 is 1.41 bits per heavy atom. The van der Waals surface area contributed by atoms with E-state index in [1.54, 1.807) is 0 Å². The van der Waals surface area contributed by atoms with E-state index in [2.05, 4.69) is 29.6 Å². The van der Waals surface area contributed by atoms with E-state index in [1.807, 2.05) is 36.4 Å². The van der Waals surface area contributed by atoms with Gasteiger partial charge in [0.1, 0.15) is 0 Å². The number of carboxylic acid groups (broad SMARTS) is 1. The molecule has 2 aromatic rings. The smallest absolute Gasteiger partial charge is 0.307 e. The van der Waals surface area contributed by atoms with Crippen molar-refractivity contribution in [2.45, 2.75) is 38.0 Å². The second-order valence-corrected chi connectivity index (χ2v) is 7.29. The summed E-state index contributed by atoms with van der Waals surface area (Å²) in [5.74, 6) is -1.70. The van der Waals surface area contributed by atoms with E-state index in [0.29, 0.717) is 19.4 Å². The van der Waals surface area contributed by atoms with Gasteiger partial charge in [-0.2, -0.15) is 0 Å². The van der Waals surface area contributed by atoms with Crippen LogP contribution in [0.3, 0.4) is 0 Å². The number of carbonyl (C=O) groups is 2. The number of rotatable bonds is 7. The van der Waals surface area contributed by atoms with Gasteiger partial charge in [0.25, 0.3) is 0 Å². The maximum absolute atomic E-state index is 12.6. The predicted octanol–water partition coefficient (Wildman–Crippen LogP) is 4.22. The molecule has 0 unspecified atom stereocenters. The highest BCUT2D eigenvalue weighted by Crippen LogP contribution is 2.31. The van der Waals surface area contributed by atoms with Gasteiger partial charge < -0.3 is 10.4 Å². The van der Waals surface area contributed by atoms with Gasteiger partial charge in [0, 0.05) is 12.5 Å². The van der Waals surface area contributed by atoms with Crippen LogP contribution in [0.15, 0.2) is 60.7 Å². The lowest BCUT2D eigenvalue weighted by atomic mass is 9.78. The summed E-state index contributed by atoms with van der Waals surface area (Å²) in [5, 5.41) is 12.4. The number of amides is 1. The van der Waals surface area contributed by atoms with Gasteiger partial charge in [-0.25, -0.2) is 0 Å². The molecule has 0 saturated heterocycles. The fourth-order valence-electron chi connectivity index (χ4n) is 4.11. The van der Waals surface area contributed by atoms with Gasteiger partial charge in [-0.15, -0.1) is 0 Å². The molecule has 2 aromatic carbocycles. The first-order valence-corrected chi connectivity index (χ1v) is 9.77. The Kier molecular flexibility index (Phi) is 6.64. The first-order valence-electron chi connectivity index (χ1n) is 9.77. The lowest BCUT2D eigenvalue weighted by Gasteiger charge is -2.27. The van der Waals surface area contributed by atoms with Crippen LogP contribution in [0.4, 0.5) is 0 Å². The molecule has 1 fully saturated rings. The summed E-state index contributed by atoms with van der Waals surface area (Å²) in [5.41, 5.74) is 2.44. The summed E-state index contributed by atoms with van der Waals surface area (Å²) in [6, 6.07) is 20.6. The largest absolute Gasteiger partial charge is 0.481 e. The van der Waals surface area contributed by atoms with Crippen LogP contribution < -0.4 is 5.32 Å². The summed E-state index contributed by atoms with van der Waals surface area (Å²) in [7, 11) is 0. The molecule has 0 radical (unpaired) electrons. The van der Waals surface area contributed by atoms with Crippen LogP contribution in [0.2, 0.25) is 0 Å². The van der Waals surface area contributed by atoms with Crippen LogP contribution in [-0.2, 0) is 9.59 Å². The Morgan fingerprint density at radius 1 is 0.889 bits per heavy atom. The molecule has 2 atom stereocenters. The quantitative estimate of drug-likeness (QED) is 0.772. The average molecular weight is 365 g/mol. The molecule has 3 rings (SSSR count). The molecule has 1 amide bonds. The van der Waals surface area contributed by atoms with Crippen LogP contribution in [0, 0.1) is 11.8 Å². The lowest BCUT2D eigenvalue weighted by Crippen LogP contribution is -2.40. The molecule has 4 nitrogen and oxygen atoms in total. The minimum atomic E-state index is -0.846. The number of carbonyl (C=O) groups excluding carboxylic acids is 1. The molecular weight excluding hydrogens is 338 g/mol. The highest BCUT2D eigenvalue weighted by atomic mass is 16.4. The van der Waals surface area contributed by atoms with E-state index in [9.17, 15) is 14.7 Å². The van der Waals surface area contributed by atoms with Gasteiger partial charge >= 0.3 is 5.97 Å². The Balaban J connectivity index is 1.64. The summed E-state index contributed by atoms with van der Waals surface area (Å²) in [6.45, 7) is 0.538. The number of benzene rings is 2. The van der Waals surface area contributed by atoms with Gasteiger partial charge in [0.05, 0.1) is 11.8 Å². The minimum Gasteiger partial charge on any atom is -0.481 e. The van der Waals surface area contributed by atoms with Crippen molar-refractivity contribution >= 4 is 11.9 Å². The first-order chi connectivity index (χ1) is 13.2. The van der Waals surface area contributed by atoms with Crippen molar-refractivity contribution in [3.63, 3.8) is 0 Å². The number of carboxylic acids is 1. The van der Waals surface area contributed by atoms with Crippen LogP contribution in [0.5, 0.6) is 0 Å². The third-order valence-electron chi connectivity index (χ3n) is 5.56. The average Bonchev–Trinajstić information content (AvgIpc) is 2.72. The summed E-state index contributed by atoms with van der Waals surface area (Å²) in [6.07, 6.45) is 3.88. The van der Waals surface area contributed by atoms with Crippen molar-refractivity contribution in [3.05, 3.63) is 71.8 Å². The Morgan fingerprint density at radius 3 is 1.93 bits per heavy atom. The van der Waals surface area contributed by atoms with E-state index in [4.69, 9.17) is 0 Å². The third kappa shape index (κ3) is 4.97. The second-order valence-electron chi connectivity index (χ2n) is 7.29. The van der Waals surface area contributed by atoms with Gasteiger partial charge in [-0.05, 0) is 30.4 Å². The molecule has 0 spiro atoms. The Bertz CT molecular complexity index is 705. The third-order valence-corrected chi connectivity index (χ3v) is 5.56. The molecule has 0 heterocycles. The van der Waals surface area contributed by atoms with Crippen molar-refractivity contribution in [1.29, 1.82) is 0 Å². The molecule has 0 aliphatic heterocycles. The molecule has 27 heavy (non-hydrogen) atoms. The predicted molar refractivity (Wildman–Crippen MR) is 105 cm³/mol. The molecule has 2 N–H and O–H groups in total. The van der Waals surface area contributed by atoms with Crippen molar-refractivity contribution in [2.75, 3.05) is 6.54 Å². The zero-order chi connectivity index (χ0) is 19.1. The first kappa shape index (κ1) is 19.2. The van der Waals surface area contributed by atoms with E-state index >= 15 is 0 Å². The highest BCUT2D eigenvalue weighted by molar-refractivity contribution is 5.84. The monoisotopic (exact) mass is 365 g/mol. The normalized spacial score (nSPS) is 19.6. The van der Waals surface area contributed by atoms with Crippen molar-refractivity contribution in [2.24, 2.45) is 11.8 Å². The van der Waals surface area contributed by atoms with Gasteiger partial charge in [0.15, 0.2) is 0 Å². The van der Waals surface area contributed by atoms with E-state index < -0.39 is 17.8 Å². The molecule has 0 aromatic heterocycles. The molecule has 1 aliphatic carbocycles. The van der Waals surface area contributed by atoms with Gasteiger partial charge in [-0.3, -0.25) is 9.59 Å². The fraction of sp³-hybridized carbons (Fsp3) is 0.391. The molecule has 4 heteroatoms. The number of hydrogen-bond donors (Lipinski definition) is 2. The molecule has 142 valence electrons. The van der Waals surface area contributed by atoms with E-state index in [1.165, 1.54) is 11.1 Å². The minimum absolute atomic E-state index is 0.109. The topological polar surface area (TPSA) is 66.4 Å². The van der Waals surface area contributed by atoms with Crippen LogP contribution in [0.25, 0.3) is 0 Å². The highest BCUT2D eigenvalue weighted by Gasteiger charge is 2.35. The van der Waals surface area contributed by atoms with Crippen molar-refractivity contribution in [1.82, 2.24) is 5.32 Å². The number of nitrogens with one attached hydrogen (secondary N) is 1. The summed E-state index contributed by atoms with van der Waals surface area (Å²) in [4.78, 5) is 24.0. The van der Waals surface area contributed by atoms with Crippen LogP contribution >= 0.6 is 0 Å². The van der Waals surface area contributed by atoms with Crippen molar-refractivity contribution < 1.29 is 14.7 Å². The van der Waals surface area contributed by atoms with E-state index in [0.717, 1.165) is 19.3 Å². The van der Waals surface area contributed by atoms with E-state index in [-0.39, 0.29) is 11.8 Å². The maximum Gasteiger partial charge on any atom is 0.307 e. The Labute approximate surface area is 160 Å². The summed E-state index contributed by atoms with van der Waals surface area (Å²) >= 11 is 0. The van der Waals surface area contributed by atoms with Crippen LogP contribution in [-0.4, -0.2) is 23.5 Å². The fourth-order valence-corrected chi connectivity index (χ4v) is 4.11. The number of aliphatic carboxylic acids is 1. The zero-order valence-corrected chi connectivity index (χ0v) is 15.5. The van der Waals surface area contributed by atoms with Gasteiger partial charge in [0.2, 0.25) is 5.91 Å². The molecule has 1 aliphatic rings. The lowest BCUT2D eigenvalue weighted by molar-refractivity contribution is -0.148.